The Bertz CT molecular complexity index is 750. The Morgan fingerprint density at radius 3 is 2.75 bits per heavy atom. The predicted molar refractivity (Wildman–Crippen MR) is 68.0 cm³/mol. The van der Waals surface area contributed by atoms with Crippen LogP contribution in [-0.4, -0.2) is 30.8 Å². The third-order valence-corrected chi connectivity index (χ3v) is 3.55. The highest BCUT2D eigenvalue weighted by molar-refractivity contribution is 7.99. The van der Waals surface area contributed by atoms with E-state index in [1.807, 2.05) is 0 Å². The molecule has 0 aliphatic rings. The molecule has 1 heterocycles. The lowest BCUT2D eigenvalue weighted by Crippen LogP contribution is -2.12. The molecule has 0 amide bonds. The van der Waals surface area contributed by atoms with E-state index < -0.39 is 27.8 Å². The molecule has 10 heteroatoms. The van der Waals surface area contributed by atoms with E-state index in [2.05, 4.69) is 10.2 Å². The Morgan fingerprint density at radius 1 is 1.55 bits per heavy atom. The number of carbonyl (C=O) groups is 1. The fraction of sp³-hybridized carbons (Fsp3) is 0.100. The number of carboxylic acids is 1. The van der Waals surface area contributed by atoms with Crippen LogP contribution in [0, 0.1) is 10.1 Å². The predicted octanol–water partition coefficient (Wildman–Crippen LogP) is 0.866. The van der Waals surface area contributed by atoms with Crippen LogP contribution in [0.5, 0.6) is 0 Å². The quantitative estimate of drug-likeness (QED) is 0.632. The summed E-state index contributed by atoms with van der Waals surface area (Å²) in [7, 11) is 1.45. The number of nitro groups is 1. The number of carboxylic acid groups (broad SMARTS) is 1. The van der Waals surface area contributed by atoms with Crippen molar-refractivity contribution in [2.24, 2.45) is 7.05 Å². The van der Waals surface area contributed by atoms with Gasteiger partial charge in [0.1, 0.15) is 5.56 Å². The number of rotatable bonds is 4. The van der Waals surface area contributed by atoms with Gasteiger partial charge in [-0.1, -0.05) is 6.07 Å². The van der Waals surface area contributed by atoms with Crippen LogP contribution in [-0.2, 0) is 7.05 Å². The largest absolute Gasteiger partial charge is 0.477 e. The lowest BCUT2D eigenvalue weighted by molar-refractivity contribution is -0.388. The van der Waals surface area contributed by atoms with E-state index in [1.54, 1.807) is 0 Å². The third-order valence-electron chi connectivity index (χ3n) is 2.45. The SMILES string of the molecule is Cn1c(Sc2cccc(C(=O)O)c2[N+](=O)[O-])n[nH]c1=O. The minimum Gasteiger partial charge on any atom is -0.477 e. The molecule has 0 unspecified atom stereocenters. The van der Waals surface area contributed by atoms with Gasteiger partial charge in [-0.3, -0.25) is 14.7 Å². The molecule has 0 saturated carbocycles. The molecule has 0 fully saturated rings. The second-order valence-corrected chi connectivity index (χ2v) is 4.70. The van der Waals surface area contributed by atoms with Gasteiger partial charge in [0.05, 0.1) is 9.82 Å². The number of para-hydroxylation sites is 1. The van der Waals surface area contributed by atoms with Crippen molar-refractivity contribution in [2.75, 3.05) is 0 Å². The van der Waals surface area contributed by atoms with Gasteiger partial charge in [0.25, 0.3) is 5.69 Å². The van der Waals surface area contributed by atoms with Crippen molar-refractivity contribution in [1.82, 2.24) is 14.8 Å². The molecule has 1 aromatic carbocycles. The molecule has 0 spiro atoms. The second-order valence-electron chi connectivity index (χ2n) is 3.69. The fourth-order valence-electron chi connectivity index (χ4n) is 1.49. The van der Waals surface area contributed by atoms with E-state index in [-0.39, 0.29) is 10.1 Å². The molecule has 0 atom stereocenters. The third kappa shape index (κ3) is 2.40. The minimum atomic E-state index is -1.39. The number of nitrogens with zero attached hydrogens (tertiary/aromatic N) is 3. The molecule has 2 N–H and O–H groups in total. The zero-order chi connectivity index (χ0) is 14.9. The molecule has 0 radical (unpaired) electrons. The Labute approximate surface area is 115 Å². The van der Waals surface area contributed by atoms with Crippen molar-refractivity contribution >= 4 is 23.4 Å². The summed E-state index contributed by atoms with van der Waals surface area (Å²) in [6.07, 6.45) is 0. The zero-order valence-corrected chi connectivity index (χ0v) is 10.9. The van der Waals surface area contributed by atoms with E-state index >= 15 is 0 Å². The topological polar surface area (TPSA) is 131 Å². The van der Waals surface area contributed by atoms with Gasteiger partial charge in [-0.2, -0.15) is 0 Å². The molecule has 2 rings (SSSR count). The average molecular weight is 296 g/mol. The van der Waals surface area contributed by atoms with Gasteiger partial charge in [0.2, 0.25) is 0 Å². The molecular weight excluding hydrogens is 288 g/mol. The first kappa shape index (κ1) is 13.8. The van der Waals surface area contributed by atoms with Gasteiger partial charge >= 0.3 is 11.7 Å². The highest BCUT2D eigenvalue weighted by Gasteiger charge is 2.25. The summed E-state index contributed by atoms with van der Waals surface area (Å²) in [6.45, 7) is 0. The van der Waals surface area contributed by atoms with Gasteiger partial charge < -0.3 is 5.11 Å². The molecule has 0 bridgehead atoms. The minimum absolute atomic E-state index is 0.0944. The van der Waals surface area contributed by atoms with E-state index in [0.717, 1.165) is 17.8 Å². The summed E-state index contributed by atoms with van der Waals surface area (Å²) in [5.74, 6) is -1.39. The van der Waals surface area contributed by atoms with E-state index in [4.69, 9.17) is 5.11 Å². The maximum absolute atomic E-state index is 11.2. The van der Waals surface area contributed by atoms with Crippen LogP contribution in [0.15, 0.2) is 33.0 Å². The molecule has 20 heavy (non-hydrogen) atoms. The number of hydrogen-bond donors (Lipinski definition) is 2. The van der Waals surface area contributed by atoms with Crippen LogP contribution >= 0.6 is 11.8 Å². The smallest absolute Gasteiger partial charge is 0.343 e. The fourth-order valence-corrected chi connectivity index (χ4v) is 2.42. The Morgan fingerprint density at radius 2 is 2.25 bits per heavy atom. The van der Waals surface area contributed by atoms with Gasteiger partial charge in [0.15, 0.2) is 5.16 Å². The molecular formula is C10H8N4O5S. The Kier molecular flexibility index (Phi) is 3.57. The van der Waals surface area contributed by atoms with Crippen LogP contribution in [0.1, 0.15) is 10.4 Å². The highest BCUT2D eigenvalue weighted by Crippen LogP contribution is 2.35. The first-order valence-corrected chi connectivity index (χ1v) is 6.03. The number of nitrogens with one attached hydrogen (secondary N) is 1. The van der Waals surface area contributed by atoms with E-state index in [9.17, 15) is 19.7 Å². The number of H-pyrrole nitrogens is 1. The lowest BCUT2D eigenvalue weighted by Gasteiger charge is -2.04. The van der Waals surface area contributed by atoms with Crippen LogP contribution in [0.4, 0.5) is 5.69 Å². The lowest BCUT2D eigenvalue weighted by atomic mass is 10.2. The summed E-state index contributed by atoms with van der Waals surface area (Å²) in [5.41, 5.74) is -1.41. The van der Waals surface area contributed by atoms with E-state index in [0.29, 0.717) is 0 Å². The summed E-state index contributed by atoms with van der Waals surface area (Å²) in [6, 6.07) is 3.94. The van der Waals surface area contributed by atoms with Gasteiger partial charge in [-0.25, -0.2) is 14.7 Å². The Balaban J connectivity index is 2.54. The highest BCUT2D eigenvalue weighted by atomic mass is 32.2. The monoisotopic (exact) mass is 296 g/mol. The van der Waals surface area contributed by atoms with Crippen molar-refractivity contribution in [1.29, 1.82) is 0 Å². The first-order valence-electron chi connectivity index (χ1n) is 5.21. The number of aromatic amines is 1. The normalized spacial score (nSPS) is 10.4. The number of nitro benzene ring substituents is 1. The molecule has 1 aromatic heterocycles. The van der Waals surface area contributed by atoms with Gasteiger partial charge in [-0.15, -0.1) is 5.10 Å². The maximum atomic E-state index is 11.2. The first-order chi connectivity index (χ1) is 9.41. The van der Waals surface area contributed by atoms with Crippen molar-refractivity contribution in [3.8, 4) is 0 Å². The van der Waals surface area contributed by atoms with Crippen LogP contribution < -0.4 is 5.69 Å². The van der Waals surface area contributed by atoms with Crippen molar-refractivity contribution in [2.45, 2.75) is 10.1 Å². The Hall–Kier alpha value is -2.62. The average Bonchev–Trinajstić information content (AvgIpc) is 2.70. The zero-order valence-electron chi connectivity index (χ0n) is 10.1. The van der Waals surface area contributed by atoms with Crippen molar-refractivity contribution < 1.29 is 14.8 Å². The van der Waals surface area contributed by atoms with Crippen LogP contribution in [0.3, 0.4) is 0 Å². The molecule has 104 valence electrons. The number of benzene rings is 1. The summed E-state index contributed by atoms with van der Waals surface area (Å²) < 4.78 is 1.17. The van der Waals surface area contributed by atoms with Crippen LogP contribution in [0.2, 0.25) is 0 Å². The standard InChI is InChI=1S/C10H8N4O5S/c1-13-9(17)11-12-10(13)20-6-4-2-3-5(8(15)16)7(6)14(18)19/h2-4H,1H3,(H,11,17)(H,15,16). The summed E-state index contributed by atoms with van der Waals surface area (Å²) in [4.78, 5) is 32.6. The van der Waals surface area contributed by atoms with Crippen LogP contribution in [0.25, 0.3) is 0 Å². The number of aromatic nitrogens is 3. The van der Waals surface area contributed by atoms with E-state index in [1.165, 1.54) is 23.7 Å². The molecule has 9 nitrogen and oxygen atoms in total. The molecule has 0 saturated heterocycles. The molecule has 0 aliphatic carbocycles. The molecule has 0 aliphatic heterocycles. The maximum Gasteiger partial charge on any atom is 0.343 e. The van der Waals surface area contributed by atoms with Crippen molar-refractivity contribution in [3.63, 3.8) is 0 Å². The number of hydrogen-bond acceptors (Lipinski definition) is 6. The second kappa shape index (κ2) is 5.17. The summed E-state index contributed by atoms with van der Waals surface area (Å²) >= 11 is 0.837. The summed E-state index contributed by atoms with van der Waals surface area (Å²) in [5, 5.41) is 26.1. The number of aromatic carboxylic acids is 1. The van der Waals surface area contributed by atoms with Gasteiger partial charge in [-0.05, 0) is 23.9 Å². The van der Waals surface area contributed by atoms with Crippen molar-refractivity contribution in [3.05, 3.63) is 44.4 Å². The van der Waals surface area contributed by atoms with Gasteiger partial charge in [0, 0.05) is 7.05 Å². The molecule has 2 aromatic rings.